The number of para-hydroxylation sites is 1. The SMILES string of the molecule is Cc1ccccc1N(CC(=O)N(Cc1ccc(Br)cc1)C(Cc1ccccc1)C(=O)NC1CCCC1)S(C)(=O)=O. The number of carbonyl (C=O) groups is 2. The van der Waals surface area contributed by atoms with Crippen LogP contribution in [0.5, 0.6) is 0 Å². The number of benzene rings is 3. The van der Waals surface area contributed by atoms with Crippen molar-refractivity contribution in [3.63, 3.8) is 0 Å². The molecule has 2 amide bonds. The van der Waals surface area contributed by atoms with Gasteiger partial charge in [-0.15, -0.1) is 0 Å². The Kier molecular flexibility index (Phi) is 10.0. The Hall–Kier alpha value is -3.17. The largest absolute Gasteiger partial charge is 0.352 e. The maximum Gasteiger partial charge on any atom is 0.244 e. The van der Waals surface area contributed by atoms with Crippen LogP contribution in [-0.4, -0.2) is 50.0 Å². The van der Waals surface area contributed by atoms with Gasteiger partial charge in [-0.1, -0.05) is 89.4 Å². The summed E-state index contributed by atoms with van der Waals surface area (Å²) < 4.78 is 27.9. The fourth-order valence-electron chi connectivity index (χ4n) is 5.15. The lowest BCUT2D eigenvalue weighted by Crippen LogP contribution is -2.54. The summed E-state index contributed by atoms with van der Waals surface area (Å²) in [6.45, 7) is 1.56. The van der Waals surface area contributed by atoms with Crippen LogP contribution in [-0.2, 0) is 32.6 Å². The maximum atomic E-state index is 14.2. The van der Waals surface area contributed by atoms with Crippen molar-refractivity contribution in [3.8, 4) is 0 Å². The van der Waals surface area contributed by atoms with Crippen molar-refractivity contribution >= 4 is 43.5 Å². The van der Waals surface area contributed by atoms with Crippen molar-refractivity contribution in [2.75, 3.05) is 17.1 Å². The molecule has 1 fully saturated rings. The molecule has 0 saturated heterocycles. The van der Waals surface area contributed by atoms with Crippen LogP contribution in [0.15, 0.2) is 83.3 Å². The summed E-state index contributed by atoms with van der Waals surface area (Å²) in [7, 11) is -3.79. The van der Waals surface area contributed by atoms with E-state index in [1.165, 1.54) is 4.90 Å². The Morgan fingerprint density at radius 1 is 0.925 bits per heavy atom. The van der Waals surface area contributed by atoms with E-state index >= 15 is 0 Å². The van der Waals surface area contributed by atoms with E-state index in [1.807, 2.05) is 73.7 Å². The number of carbonyl (C=O) groups excluding carboxylic acids is 2. The predicted octanol–water partition coefficient (Wildman–Crippen LogP) is 5.22. The molecular formula is C31H36BrN3O4S. The third kappa shape index (κ3) is 7.95. The molecule has 0 aliphatic heterocycles. The lowest BCUT2D eigenvalue weighted by atomic mass is 10.0. The van der Waals surface area contributed by atoms with E-state index in [2.05, 4.69) is 21.2 Å². The number of halogens is 1. The third-order valence-electron chi connectivity index (χ3n) is 7.30. The molecule has 1 atom stereocenters. The van der Waals surface area contributed by atoms with E-state index in [1.54, 1.807) is 12.1 Å². The molecule has 9 heteroatoms. The summed E-state index contributed by atoms with van der Waals surface area (Å²) in [5.74, 6) is -0.665. The molecule has 1 unspecified atom stereocenters. The van der Waals surface area contributed by atoms with Gasteiger partial charge in [0.2, 0.25) is 21.8 Å². The van der Waals surface area contributed by atoms with Gasteiger partial charge in [-0.3, -0.25) is 13.9 Å². The van der Waals surface area contributed by atoms with Gasteiger partial charge in [0.05, 0.1) is 11.9 Å². The van der Waals surface area contributed by atoms with Gasteiger partial charge in [0.15, 0.2) is 0 Å². The molecule has 1 aliphatic carbocycles. The van der Waals surface area contributed by atoms with Gasteiger partial charge in [-0.2, -0.15) is 0 Å². The maximum absolute atomic E-state index is 14.2. The van der Waals surface area contributed by atoms with Crippen LogP contribution in [0.1, 0.15) is 42.4 Å². The number of aryl methyl sites for hydroxylation is 1. The van der Waals surface area contributed by atoms with E-state index in [4.69, 9.17) is 0 Å². The Morgan fingerprint density at radius 2 is 1.55 bits per heavy atom. The van der Waals surface area contributed by atoms with Crippen LogP contribution in [0.25, 0.3) is 0 Å². The highest BCUT2D eigenvalue weighted by Crippen LogP contribution is 2.24. The van der Waals surface area contributed by atoms with Gasteiger partial charge >= 0.3 is 0 Å². The second-order valence-electron chi connectivity index (χ2n) is 10.4. The first kappa shape index (κ1) is 29.8. The average molecular weight is 627 g/mol. The van der Waals surface area contributed by atoms with Gasteiger partial charge in [0.25, 0.3) is 0 Å². The molecular weight excluding hydrogens is 590 g/mol. The van der Waals surface area contributed by atoms with E-state index in [9.17, 15) is 18.0 Å². The number of amides is 2. The molecule has 3 aromatic rings. The zero-order chi connectivity index (χ0) is 28.7. The summed E-state index contributed by atoms with van der Waals surface area (Å²) in [4.78, 5) is 29.6. The lowest BCUT2D eigenvalue weighted by Gasteiger charge is -2.34. The number of hydrogen-bond acceptors (Lipinski definition) is 4. The Bertz CT molecular complexity index is 1410. The summed E-state index contributed by atoms with van der Waals surface area (Å²) in [5, 5.41) is 3.18. The first-order valence-corrected chi connectivity index (χ1v) is 16.2. The summed E-state index contributed by atoms with van der Waals surface area (Å²) >= 11 is 3.46. The van der Waals surface area contributed by atoms with Crippen molar-refractivity contribution in [2.24, 2.45) is 0 Å². The van der Waals surface area contributed by atoms with Gasteiger partial charge in [0, 0.05) is 23.5 Å². The molecule has 1 saturated carbocycles. The molecule has 0 spiro atoms. The summed E-state index contributed by atoms with van der Waals surface area (Å²) in [5.41, 5.74) is 2.93. The van der Waals surface area contributed by atoms with E-state index in [-0.39, 0.29) is 18.5 Å². The Morgan fingerprint density at radius 3 is 2.17 bits per heavy atom. The number of nitrogens with one attached hydrogen (secondary N) is 1. The molecule has 0 radical (unpaired) electrons. The molecule has 212 valence electrons. The van der Waals surface area contributed by atoms with Crippen molar-refractivity contribution in [1.29, 1.82) is 0 Å². The number of rotatable bonds is 11. The first-order chi connectivity index (χ1) is 19.1. The van der Waals surface area contributed by atoms with E-state index in [0.29, 0.717) is 12.1 Å². The second kappa shape index (κ2) is 13.5. The fraction of sp³-hybridized carbons (Fsp3) is 0.355. The molecule has 0 aromatic heterocycles. The summed E-state index contributed by atoms with van der Waals surface area (Å²) in [6, 6.07) is 23.5. The van der Waals surface area contributed by atoms with Crippen LogP contribution < -0.4 is 9.62 Å². The summed E-state index contributed by atoms with van der Waals surface area (Å²) in [6.07, 6.45) is 5.37. The molecule has 0 bridgehead atoms. The highest BCUT2D eigenvalue weighted by atomic mass is 79.9. The molecule has 4 rings (SSSR count). The highest BCUT2D eigenvalue weighted by molar-refractivity contribution is 9.10. The molecule has 1 N–H and O–H groups in total. The van der Waals surface area contributed by atoms with Crippen LogP contribution >= 0.6 is 15.9 Å². The van der Waals surface area contributed by atoms with Gasteiger partial charge in [0.1, 0.15) is 12.6 Å². The smallest absolute Gasteiger partial charge is 0.244 e. The van der Waals surface area contributed by atoms with Crippen LogP contribution in [0.2, 0.25) is 0 Å². The topological polar surface area (TPSA) is 86.8 Å². The Balaban J connectivity index is 1.72. The number of anilines is 1. The van der Waals surface area contributed by atoms with Crippen LogP contribution in [0, 0.1) is 6.92 Å². The number of sulfonamides is 1. The normalized spacial score (nSPS) is 14.5. The van der Waals surface area contributed by atoms with Crippen LogP contribution in [0.4, 0.5) is 5.69 Å². The van der Waals surface area contributed by atoms with Gasteiger partial charge in [-0.05, 0) is 54.7 Å². The van der Waals surface area contributed by atoms with Crippen molar-refractivity contribution in [2.45, 2.75) is 57.7 Å². The first-order valence-electron chi connectivity index (χ1n) is 13.5. The fourth-order valence-corrected chi connectivity index (χ4v) is 6.32. The van der Waals surface area contributed by atoms with Crippen LogP contribution in [0.3, 0.4) is 0 Å². The zero-order valence-corrected chi connectivity index (χ0v) is 25.3. The molecule has 3 aromatic carbocycles. The quantitative estimate of drug-likeness (QED) is 0.316. The molecule has 7 nitrogen and oxygen atoms in total. The Labute approximate surface area is 245 Å². The minimum Gasteiger partial charge on any atom is -0.352 e. The zero-order valence-electron chi connectivity index (χ0n) is 22.9. The van der Waals surface area contributed by atoms with Crippen molar-refractivity contribution in [3.05, 3.63) is 100 Å². The van der Waals surface area contributed by atoms with E-state index < -0.39 is 28.5 Å². The standard InChI is InChI=1S/C31H36BrN3O4S/c1-23-10-6-9-15-28(23)35(40(2,38)39)22-30(36)34(21-25-16-18-26(32)19-17-25)29(20-24-11-4-3-5-12-24)31(37)33-27-13-7-8-14-27/h3-6,9-12,15-19,27,29H,7-8,13-14,20-22H2,1-2H3,(H,33,37). The second-order valence-corrected chi connectivity index (χ2v) is 13.2. The predicted molar refractivity (Wildman–Crippen MR) is 162 cm³/mol. The number of nitrogens with zero attached hydrogens (tertiary/aromatic N) is 2. The molecule has 40 heavy (non-hydrogen) atoms. The third-order valence-corrected chi connectivity index (χ3v) is 8.96. The monoisotopic (exact) mass is 625 g/mol. The lowest BCUT2D eigenvalue weighted by molar-refractivity contribution is -0.140. The molecule has 0 heterocycles. The minimum absolute atomic E-state index is 0.0786. The van der Waals surface area contributed by atoms with Gasteiger partial charge in [-0.25, -0.2) is 8.42 Å². The highest BCUT2D eigenvalue weighted by Gasteiger charge is 2.34. The van der Waals surface area contributed by atoms with Crippen molar-refractivity contribution < 1.29 is 18.0 Å². The van der Waals surface area contributed by atoms with Gasteiger partial charge < -0.3 is 10.2 Å². The van der Waals surface area contributed by atoms with E-state index in [0.717, 1.165) is 57.4 Å². The molecule has 1 aliphatic rings. The average Bonchev–Trinajstić information content (AvgIpc) is 3.43. The van der Waals surface area contributed by atoms with Crippen molar-refractivity contribution in [1.82, 2.24) is 10.2 Å². The minimum atomic E-state index is -3.79. The number of hydrogen-bond donors (Lipinski definition) is 1.